The van der Waals surface area contributed by atoms with E-state index in [0.717, 1.165) is 6.20 Å². The van der Waals surface area contributed by atoms with Gasteiger partial charge in [-0.3, -0.25) is 19.6 Å². The van der Waals surface area contributed by atoms with Crippen molar-refractivity contribution in [3.8, 4) is 11.5 Å². The summed E-state index contributed by atoms with van der Waals surface area (Å²) < 4.78 is 35.6. The molecule has 0 saturated carbocycles. The number of halogens is 2. The summed E-state index contributed by atoms with van der Waals surface area (Å²) in [5.74, 6) is -1.01. The van der Waals surface area contributed by atoms with Gasteiger partial charge in [-0.1, -0.05) is 0 Å². The first-order valence-corrected chi connectivity index (χ1v) is 7.60. The van der Waals surface area contributed by atoms with Crippen molar-refractivity contribution in [2.75, 3.05) is 11.9 Å². The van der Waals surface area contributed by atoms with E-state index in [1.165, 1.54) is 22.9 Å². The van der Waals surface area contributed by atoms with Gasteiger partial charge < -0.3 is 14.8 Å². The summed E-state index contributed by atoms with van der Waals surface area (Å²) in [6.07, 6.45) is 1.15. The van der Waals surface area contributed by atoms with Crippen LogP contribution in [-0.2, 0) is 6.54 Å². The van der Waals surface area contributed by atoms with E-state index >= 15 is 0 Å². The van der Waals surface area contributed by atoms with Gasteiger partial charge in [0.1, 0.15) is 6.20 Å². The number of hydrogen-bond acceptors (Lipinski definition) is 6. The van der Waals surface area contributed by atoms with Crippen LogP contribution in [0.2, 0.25) is 0 Å². The molecule has 140 valence electrons. The van der Waals surface area contributed by atoms with Crippen LogP contribution in [0.3, 0.4) is 0 Å². The van der Waals surface area contributed by atoms with Crippen LogP contribution in [-0.4, -0.2) is 33.8 Å². The Hall–Kier alpha value is -3.24. The van der Waals surface area contributed by atoms with E-state index in [0.29, 0.717) is 6.54 Å². The average molecular weight is 370 g/mol. The van der Waals surface area contributed by atoms with Crippen molar-refractivity contribution in [3.05, 3.63) is 40.2 Å². The van der Waals surface area contributed by atoms with Gasteiger partial charge in [-0.25, -0.2) is 0 Å². The lowest BCUT2D eigenvalue weighted by Gasteiger charge is -2.13. The maximum Gasteiger partial charge on any atom is 0.387 e. The highest BCUT2D eigenvalue weighted by Crippen LogP contribution is 2.32. The zero-order valence-corrected chi connectivity index (χ0v) is 13.9. The summed E-state index contributed by atoms with van der Waals surface area (Å²) in [5, 5.41) is 17.4. The highest BCUT2D eigenvalue weighted by molar-refractivity contribution is 6.05. The molecule has 1 aromatic heterocycles. The second-order valence-electron chi connectivity index (χ2n) is 4.90. The van der Waals surface area contributed by atoms with Crippen molar-refractivity contribution >= 4 is 17.3 Å². The third kappa shape index (κ3) is 4.43. The molecule has 1 amide bonds. The molecular weight excluding hydrogens is 354 g/mol. The SMILES string of the molecule is CCOc1cc(NC(=O)c2nn(CC)cc2[N+](=O)[O-])ccc1OC(F)F. The van der Waals surface area contributed by atoms with Crippen LogP contribution < -0.4 is 14.8 Å². The number of amides is 1. The minimum atomic E-state index is -3.03. The van der Waals surface area contributed by atoms with Gasteiger partial charge in [0, 0.05) is 18.3 Å². The van der Waals surface area contributed by atoms with E-state index in [-0.39, 0.29) is 29.5 Å². The Morgan fingerprint density at radius 2 is 2.12 bits per heavy atom. The van der Waals surface area contributed by atoms with Crippen molar-refractivity contribution in [1.29, 1.82) is 0 Å². The van der Waals surface area contributed by atoms with Gasteiger partial charge in [0.15, 0.2) is 11.5 Å². The van der Waals surface area contributed by atoms with Gasteiger partial charge in [-0.15, -0.1) is 0 Å². The normalized spacial score (nSPS) is 10.7. The fourth-order valence-electron chi connectivity index (χ4n) is 2.11. The van der Waals surface area contributed by atoms with Crippen LogP contribution in [0.15, 0.2) is 24.4 Å². The van der Waals surface area contributed by atoms with Crippen LogP contribution in [0.5, 0.6) is 11.5 Å². The lowest BCUT2D eigenvalue weighted by Crippen LogP contribution is -2.15. The van der Waals surface area contributed by atoms with Crippen molar-refractivity contribution in [2.45, 2.75) is 27.0 Å². The number of aromatic nitrogens is 2. The maximum absolute atomic E-state index is 12.4. The number of benzene rings is 1. The van der Waals surface area contributed by atoms with E-state index in [4.69, 9.17) is 4.74 Å². The highest BCUT2D eigenvalue weighted by Gasteiger charge is 2.25. The number of rotatable bonds is 8. The standard InChI is InChI=1S/C15H16F2N4O5/c1-3-20-8-10(21(23)24)13(19-20)14(22)18-9-5-6-11(26-15(16)17)12(7-9)25-4-2/h5-8,15H,3-4H2,1-2H3,(H,18,22). The summed E-state index contributed by atoms with van der Waals surface area (Å²) in [4.78, 5) is 22.7. The zero-order valence-electron chi connectivity index (χ0n) is 13.9. The predicted molar refractivity (Wildman–Crippen MR) is 86.8 cm³/mol. The number of alkyl halides is 2. The van der Waals surface area contributed by atoms with Gasteiger partial charge in [0.2, 0.25) is 5.69 Å². The summed E-state index contributed by atoms with van der Waals surface area (Å²) in [5.41, 5.74) is -0.616. The molecule has 11 heteroatoms. The largest absolute Gasteiger partial charge is 0.490 e. The molecule has 0 spiro atoms. The third-order valence-corrected chi connectivity index (χ3v) is 3.20. The number of nitrogens with one attached hydrogen (secondary N) is 1. The molecule has 0 bridgehead atoms. The Balaban J connectivity index is 2.27. The van der Waals surface area contributed by atoms with Crippen LogP contribution in [0.25, 0.3) is 0 Å². The summed E-state index contributed by atoms with van der Waals surface area (Å²) in [7, 11) is 0. The second kappa shape index (κ2) is 8.23. The minimum absolute atomic E-state index is 0.000753. The third-order valence-electron chi connectivity index (χ3n) is 3.20. The summed E-state index contributed by atoms with van der Waals surface area (Å²) >= 11 is 0. The first-order valence-electron chi connectivity index (χ1n) is 7.60. The summed E-state index contributed by atoms with van der Waals surface area (Å²) in [6.45, 7) is 0.869. The van der Waals surface area contributed by atoms with Gasteiger partial charge in [-0.2, -0.15) is 13.9 Å². The van der Waals surface area contributed by atoms with Crippen LogP contribution in [0.1, 0.15) is 24.3 Å². The molecular formula is C15H16F2N4O5. The topological polar surface area (TPSA) is 109 Å². The van der Waals surface area contributed by atoms with Gasteiger partial charge in [0.25, 0.3) is 5.91 Å². The summed E-state index contributed by atoms with van der Waals surface area (Å²) in [6, 6.07) is 3.79. The number of carbonyl (C=O) groups excluding carboxylic acids is 1. The molecule has 2 aromatic rings. The van der Waals surface area contributed by atoms with Crippen LogP contribution in [0, 0.1) is 10.1 Å². The van der Waals surface area contributed by atoms with Crippen molar-refractivity contribution in [1.82, 2.24) is 9.78 Å². The highest BCUT2D eigenvalue weighted by atomic mass is 19.3. The average Bonchev–Trinajstić information content (AvgIpc) is 3.02. The molecule has 1 heterocycles. The first kappa shape index (κ1) is 19.1. The van der Waals surface area contributed by atoms with E-state index in [9.17, 15) is 23.7 Å². The monoisotopic (exact) mass is 370 g/mol. The predicted octanol–water partition coefficient (Wildman–Crippen LogP) is 3.06. The van der Waals surface area contributed by atoms with E-state index in [2.05, 4.69) is 15.2 Å². The van der Waals surface area contributed by atoms with E-state index in [1.807, 2.05) is 0 Å². The number of ether oxygens (including phenoxy) is 2. The molecule has 0 radical (unpaired) electrons. The van der Waals surface area contributed by atoms with Gasteiger partial charge in [0.05, 0.1) is 11.5 Å². The molecule has 0 saturated heterocycles. The van der Waals surface area contributed by atoms with Crippen molar-refractivity contribution in [2.24, 2.45) is 0 Å². The second-order valence-corrected chi connectivity index (χ2v) is 4.90. The number of anilines is 1. The molecule has 1 aromatic carbocycles. The molecule has 9 nitrogen and oxygen atoms in total. The molecule has 0 aliphatic rings. The molecule has 0 aliphatic carbocycles. The van der Waals surface area contributed by atoms with E-state index in [1.54, 1.807) is 13.8 Å². The van der Waals surface area contributed by atoms with Gasteiger partial charge >= 0.3 is 12.3 Å². The maximum atomic E-state index is 12.4. The van der Waals surface area contributed by atoms with E-state index < -0.39 is 23.1 Å². The zero-order chi connectivity index (χ0) is 19.3. The Kier molecular flexibility index (Phi) is 6.04. The molecule has 1 N–H and O–H groups in total. The minimum Gasteiger partial charge on any atom is -0.490 e. The Morgan fingerprint density at radius 1 is 1.38 bits per heavy atom. The number of nitrogens with zero attached hydrogens (tertiary/aromatic N) is 3. The molecule has 0 unspecified atom stereocenters. The molecule has 26 heavy (non-hydrogen) atoms. The van der Waals surface area contributed by atoms with Gasteiger partial charge in [-0.05, 0) is 26.0 Å². The molecule has 0 fully saturated rings. The fraction of sp³-hybridized carbons (Fsp3) is 0.333. The van der Waals surface area contributed by atoms with Crippen molar-refractivity contribution < 1.29 is 28.0 Å². The van der Waals surface area contributed by atoms with Crippen molar-refractivity contribution in [3.63, 3.8) is 0 Å². The first-order chi connectivity index (χ1) is 12.3. The molecule has 0 aliphatic heterocycles. The smallest absolute Gasteiger partial charge is 0.387 e. The van der Waals surface area contributed by atoms with Crippen LogP contribution >= 0.6 is 0 Å². The number of hydrogen-bond donors (Lipinski definition) is 1. The lowest BCUT2D eigenvalue weighted by molar-refractivity contribution is -0.385. The molecule has 0 atom stereocenters. The quantitative estimate of drug-likeness (QED) is 0.565. The molecule has 2 rings (SSSR count). The Labute approximate surface area is 146 Å². The Morgan fingerprint density at radius 3 is 2.69 bits per heavy atom. The lowest BCUT2D eigenvalue weighted by atomic mass is 10.2. The number of aryl methyl sites for hydroxylation is 1. The van der Waals surface area contributed by atoms with Crippen LogP contribution in [0.4, 0.5) is 20.2 Å². The number of carbonyl (C=O) groups is 1. The number of nitro groups is 1. The Bertz CT molecular complexity index is 809. The fourth-order valence-corrected chi connectivity index (χ4v) is 2.11.